The molecule has 0 saturated carbocycles. The molecule has 0 bridgehead atoms. The Bertz CT molecular complexity index is 661. The first-order chi connectivity index (χ1) is 11.7. The maximum Gasteiger partial charge on any atom is 0.317 e. The average Bonchev–Trinajstić information content (AvgIpc) is 2.63. The van der Waals surface area contributed by atoms with Crippen molar-refractivity contribution in [3.05, 3.63) is 70.8 Å². The highest BCUT2D eigenvalue weighted by Gasteiger charge is 2.31. The summed E-state index contributed by atoms with van der Waals surface area (Å²) in [6.45, 7) is 7.43. The number of likely N-dealkylation sites (N-methyl/N-ethyl adjacent to an activating group) is 1. The number of fused-ring (bicyclic) bond motifs is 2. The van der Waals surface area contributed by atoms with Gasteiger partial charge in [0.1, 0.15) is 12.5 Å². The van der Waals surface area contributed by atoms with E-state index in [1.165, 1.54) is 11.1 Å². The molecule has 2 aromatic rings. The summed E-state index contributed by atoms with van der Waals surface area (Å²) in [5, 5.41) is 0. The fourth-order valence-corrected chi connectivity index (χ4v) is 3.48. The lowest BCUT2D eigenvalue weighted by atomic mass is 9.78. The minimum atomic E-state index is -0.303. The Morgan fingerprint density at radius 1 is 1.00 bits per heavy atom. The quantitative estimate of drug-likeness (QED) is 0.761. The number of rotatable bonds is 6. The lowest BCUT2D eigenvalue weighted by molar-refractivity contribution is -0.144. The van der Waals surface area contributed by atoms with Gasteiger partial charge < -0.3 is 9.64 Å². The van der Waals surface area contributed by atoms with Crippen molar-refractivity contribution < 1.29 is 9.53 Å². The second-order valence-electron chi connectivity index (χ2n) is 6.20. The molecule has 1 aliphatic rings. The number of hydrogen-bond acceptors (Lipinski definition) is 3. The van der Waals surface area contributed by atoms with Crippen LogP contribution in [0.15, 0.2) is 48.5 Å². The Labute approximate surface area is 144 Å². The van der Waals surface area contributed by atoms with Gasteiger partial charge in [-0.25, -0.2) is 0 Å². The van der Waals surface area contributed by atoms with Gasteiger partial charge in [-0.05, 0) is 41.8 Å². The van der Waals surface area contributed by atoms with Gasteiger partial charge in [-0.2, -0.15) is 0 Å². The monoisotopic (exact) mass is 323 g/mol. The molecule has 3 rings (SSSR count). The summed E-state index contributed by atoms with van der Waals surface area (Å²) in [6.07, 6.45) is 0.884. The number of ether oxygens (including phenoxy) is 1. The number of carbonyl (C=O) groups is 1. The summed E-state index contributed by atoms with van der Waals surface area (Å²) in [4.78, 5) is 15.1. The summed E-state index contributed by atoms with van der Waals surface area (Å²) in [5.41, 5.74) is 4.62. The summed E-state index contributed by atoms with van der Waals surface area (Å²) in [6, 6.07) is 16.4. The van der Waals surface area contributed by atoms with Crippen LogP contribution in [0.4, 0.5) is 0 Å². The van der Waals surface area contributed by atoms with Gasteiger partial charge in [0, 0.05) is 6.54 Å². The normalized spacial score (nSPS) is 13.5. The zero-order valence-electron chi connectivity index (χ0n) is 14.5. The van der Waals surface area contributed by atoms with Crippen LogP contribution >= 0.6 is 0 Å². The molecule has 1 aliphatic carbocycles. The van der Waals surface area contributed by atoms with E-state index >= 15 is 0 Å². The predicted octanol–water partition coefficient (Wildman–Crippen LogP) is 3.61. The van der Waals surface area contributed by atoms with Gasteiger partial charge in [0.25, 0.3) is 0 Å². The second-order valence-corrected chi connectivity index (χ2v) is 6.20. The van der Waals surface area contributed by atoms with Crippen molar-refractivity contribution in [2.75, 3.05) is 26.2 Å². The van der Waals surface area contributed by atoms with Crippen molar-refractivity contribution in [1.29, 1.82) is 0 Å². The van der Waals surface area contributed by atoms with Crippen molar-refractivity contribution >= 4 is 5.97 Å². The molecular formula is C21H25NO2. The Kier molecular flexibility index (Phi) is 5.31. The molecule has 0 radical (unpaired) electrons. The van der Waals surface area contributed by atoms with Crippen LogP contribution in [0.25, 0.3) is 0 Å². The van der Waals surface area contributed by atoms with Crippen LogP contribution in [0.2, 0.25) is 0 Å². The van der Waals surface area contributed by atoms with Crippen LogP contribution in [0.1, 0.15) is 42.0 Å². The van der Waals surface area contributed by atoms with E-state index in [2.05, 4.69) is 43.0 Å². The van der Waals surface area contributed by atoms with Crippen molar-refractivity contribution in [3.8, 4) is 0 Å². The summed E-state index contributed by atoms with van der Waals surface area (Å²) < 4.78 is 5.65. The maximum absolute atomic E-state index is 12.8. The minimum absolute atomic E-state index is 0.137. The molecule has 0 aromatic heterocycles. The lowest BCUT2D eigenvalue weighted by Crippen LogP contribution is -2.30. The number of hydrogen-bond donors (Lipinski definition) is 0. The first-order valence-electron chi connectivity index (χ1n) is 8.79. The molecule has 0 unspecified atom stereocenters. The van der Waals surface area contributed by atoms with Crippen LogP contribution in [0.3, 0.4) is 0 Å². The topological polar surface area (TPSA) is 29.5 Å². The largest absolute Gasteiger partial charge is 0.464 e. The number of benzene rings is 2. The number of nitrogens with zero attached hydrogens (tertiary/aromatic N) is 1. The van der Waals surface area contributed by atoms with Crippen molar-refractivity contribution in [1.82, 2.24) is 4.90 Å². The van der Waals surface area contributed by atoms with Gasteiger partial charge in [0.15, 0.2) is 0 Å². The second kappa shape index (κ2) is 7.63. The number of esters is 1. The highest BCUT2D eigenvalue weighted by molar-refractivity contribution is 5.84. The maximum atomic E-state index is 12.8. The van der Waals surface area contributed by atoms with Crippen LogP contribution < -0.4 is 0 Å². The SMILES string of the molecule is CCN(CC)CCOC(=O)C1c2ccccc2Cc2ccccc21. The van der Waals surface area contributed by atoms with Crippen LogP contribution in [-0.4, -0.2) is 37.1 Å². The summed E-state index contributed by atoms with van der Waals surface area (Å²) in [7, 11) is 0. The van der Waals surface area contributed by atoms with E-state index in [9.17, 15) is 4.79 Å². The fourth-order valence-electron chi connectivity index (χ4n) is 3.48. The smallest absolute Gasteiger partial charge is 0.317 e. The highest BCUT2D eigenvalue weighted by atomic mass is 16.5. The molecule has 0 N–H and O–H groups in total. The minimum Gasteiger partial charge on any atom is -0.464 e. The highest BCUT2D eigenvalue weighted by Crippen LogP contribution is 2.37. The van der Waals surface area contributed by atoms with Gasteiger partial charge in [-0.15, -0.1) is 0 Å². The average molecular weight is 323 g/mol. The third-order valence-electron chi connectivity index (χ3n) is 4.90. The van der Waals surface area contributed by atoms with Crippen LogP contribution in [0.5, 0.6) is 0 Å². The Hall–Kier alpha value is -2.13. The molecule has 0 saturated heterocycles. The molecular weight excluding hydrogens is 298 g/mol. The molecule has 0 heterocycles. The van der Waals surface area contributed by atoms with Crippen molar-refractivity contribution in [3.63, 3.8) is 0 Å². The number of carbonyl (C=O) groups excluding carboxylic acids is 1. The first kappa shape index (κ1) is 16.7. The van der Waals surface area contributed by atoms with Crippen LogP contribution in [0, 0.1) is 0 Å². The molecule has 3 heteroatoms. The molecule has 0 atom stereocenters. The Balaban J connectivity index is 1.80. The molecule has 3 nitrogen and oxygen atoms in total. The van der Waals surface area contributed by atoms with E-state index in [1.807, 2.05) is 24.3 Å². The van der Waals surface area contributed by atoms with E-state index in [4.69, 9.17) is 4.74 Å². The molecule has 0 fully saturated rings. The van der Waals surface area contributed by atoms with Gasteiger partial charge in [0.2, 0.25) is 0 Å². The van der Waals surface area contributed by atoms with Crippen molar-refractivity contribution in [2.45, 2.75) is 26.2 Å². The standard InChI is InChI=1S/C21H25NO2/c1-3-22(4-2)13-14-24-21(23)20-18-11-7-5-9-16(18)15-17-10-6-8-12-19(17)20/h5-12,20H,3-4,13-15H2,1-2H3. The van der Waals surface area contributed by atoms with Gasteiger partial charge in [-0.3, -0.25) is 4.79 Å². The van der Waals surface area contributed by atoms with Gasteiger partial charge in [0.05, 0.1) is 0 Å². The lowest BCUT2D eigenvalue weighted by Gasteiger charge is -2.27. The van der Waals surface area contributed by atoms with Crippen LogP contribution in [-0.2, 0) is 16.0 Å². The predicted molar refractivity (Wildman–Crippen MR) is 96.3 cm³/mol. The Morgan fingerprint density at radius 2 is 1.54 bits per heavy atom. The zero-order valence-corrected chi connectivity index (χ0v) is 14.5. The third kappa shape index (κ3) is 3.36. The molecule has 0 amide bonds. The summed E-state index contributed by atoms with van der Waals surface area (Å²) >= 11 is 0. The van der Waals surface area contributed by atoms with E-state index in [1.54, 1.807) is 0 Å². The van der Waals surface area contributed by atoms with Gasteiger partial charge in [-0.1, -0.05) is 62.4 Å². The van der Waals surface area contributed by atoms with E-state index in [0.29, 0.717) is 6.61 Å². The Morgan fingerprint density at radius 3 is 2.08 bits per heavy atom. The third-order valence-corrected chi connectivity index (χ3v) is 4.90. The summed E-state index contributed by atoms with van der Waals surface area (Å²) in [5.74, 6) is -0.440. The van der Waals surface area contributed by atoms with E-state index in [-0.39, 0.29) is 11.9 Å². The van der Waals surface area contributed by atoms with Crippen molar-refractivity contribution in [2.24, 2.45) is 0 Å². The fraction of sp³-hybridized carbons (Fsp3) is 0.381. The van der Waals surface area contributed by atoms with E-state index in [0.717, 1.165) is 37.2 Å². The first-order valence-corrected chi connectivity index (χ1v) is 8.79. The molecule has 0 aliphatic heterocycles. The molecule has 24 heavy (non-hydrogen) atoms. The molecule has 126 valence electrons. The van der Waals surface area contributed by atoms with E-state index < -0.39 is 0 Å². The molecule has 2 aromatic carbocycles. The molecule has 0 spiro atoms. The zero-order chi connectivity index (χ0) is 16.9. The van der Waals surface area contributed by atoms with Gasteiger partial charge >= 0.3 is 5.97 Å².